The lowest BCUT2D eigenvalue weighted by Gasteiger charge is -2.38. The molecular weight excluding hydrogens is 362 g/mol. The van der Waals surface area contributed by atoms with E-state index in [2.05, 4.69) is 14.9 Å². The Kier molecular flexibility index (Phi) is 5.34. The van der Waals surface area contributed by atoms with E-state index in [1.807, 2.05) is 22.8 Å². The number of fused-ring (bicyclic) bond motifs is 1. The summed E-state index contributed by atoms with van der Waals surface area (Å²) in [6.45, 7) is 4.97. The van der Waals surface area contributed by atoms with Gasteiger partial charge in [-0.15, -0.1) is 0 Å². The first-order chi connectivity index (χ1) is 13.6. The molecule has 1 aromatic heterocycles. The number of amides is 2. The lowest BCUT2D eigenvalue weighted by atomic mass is 10.0. The van der Waals surface area contributed by atoms with Gasteiger partial charge in [-0.1, -0.05) is 6.92 Å². The van der Waals surface area contributed by atoms with E-state index in [9.17, 15) is 9.59 Å². The van der Waals surface area contributed by atoms with Crippen molar-refractivity contribution < 1.29 is 19.1 Å². The maximum Gasteiger partial charge on any atom is 0.410 e. The van der Waals surface area contributed by atoms with Gasteiger partial charge in [-0.2, -0.15) is 0 Å². The molecule has 0 radical (unpaired) electrons. The fourth-order valence-corrected chi connectivity index (χ4v) is 4.45. The number of piperidine rings is 1. The Morgan fingerprint density at radius 1 is 1.32 bits per heavy atom. The topological polar surface area (TPSA) is 88.1 Å². The molecule has 9 heteroatoms. The minimum Gasteiger partial charge on any atom is -0.442 e. The maximum absolute atomic E-state index is 12.5. The van der Waals surface area contributed by atoms with Gasteiger partial charge in [0.1, 0.15) is 18.5 Å². The lowest BCUT2D eigenvalue weighted by Crippen LogP contribution is -2.50. The highest BCUT2D eigenvalue weighted by atomic mass is 16.6. The molecule has 3 saturated heterocycles. The summed E-state index contributed by atoms with van der Waals surface area (Å²) in [5, 5.41) is 0. The van der Waals surface area contributed by atoms with Crippen molar-refractivity contribution in [1.29, 1.82) is 0 Å². The highest BCUT2D eigenvalue weighted by Gasteiger charge is 2.51. The molecule has 3 aliphatic rings. The quantitative estimate of drug-likeness (QED) is 0.743. The molecule has 0 bridgehead atoms. The highest BCUT2D eigenvalue weighted by molar-refractivity contribution is 5.77. The third-order valence-corrected chi connectivity index (χ3v) is 5.86. The second-order valence-electron chi connectivity index (χ2n) is 7.53. The fourth-order valence-electron chi connectivity index (χ4n) is 4.45. The zero-order chi connectivity index (χ0) is 19.7. The molecule has 0 unspecified atom stereocenters. The van der Waals surface area contributed by atoms with E-state index in [-0.39, 0.29) is 30.2 Å². The van der Waals surface area contributed by atoms with Crippen molar-refractivity contribution in [1.82, 2.24) is 19.8 Å². The van der Waals surface area contributed by atoms with Gasteiger partial charge in [-0.3, -0.25) is 9.69 Å². The molecule has 3 aliphatic heterocycles. The zero-order valence-electron chi connectivity index (χ0n) is 16.4. The van der Waals surface area contributed by atoms with E-state index in [1.165, 1.54) is 0 Å². The van der Waals surface area contributed by atoms with Crippen LogP contribution in [0.5, 0.6) is 0 Å². The van der Waals surface area contributed by atoms with Gasteiger partial charge in [0.05, 0.1) is 12.6 Å². The van der Waals surface area contributed by atoms with Crippen LogP contribution in [0.25, 0.3) is 0 Å². The number of hydrogen-bond donors (Lipinski definition) is 0. The third-order valence-electron chi connectivity index (χ3n) is 5.86. The number of carbonyl (C=O) groups is 2. The van der Waals surface area contributed by atoms with Gasteiger partial charge in [0.15, 0.2) is 5.82 Å². The van der Waals surface area contributed by atoms with Crippen molar-refractivity contribution in [3.8, 4) is 0 Å². The van der Waals surface area contributed by atoms with Crippen molar-refractivity contribution >= 4 is 17.8 Å². The van der Waals surface area contributed by atoms with Gasteiger partial charge in [-0.25, -0.2) is 14.8 Å². The Morgan fingerprint density at radius 3 is 2.82 bits per heavy atom. The van der Waals surface area contributed by atoms with Crippen LogP contribution in [-0.4, -0.2) is 83.2 Å². The van der Waals surface area contributed by atoms with Crippen LogP contribution in [0, 0.1) is 0 Å². The van der Waals surface area contributed by atoms with Gasteiger partial charge < -0.3 is 19.3 Å². The van der Waals surface area contributed by atoms with Crippen LogP contribution in [0.15, 0.2) is 12.3 Å². The number of hydrogen-bond acceptors (Lipinski definition) is 7. The second kappa shape index (κ2) is 7.90. The number of anilines is 1. The van der Waals surface area contributed by atoms with Crippen molar-refractivity contribution in [2.75, 3.05) is 38.2 Å². The standard InChI is InChI=1S/C19H27N5O4/c1-3-18(25)23-10-14-15(11-23)28-19(26)24(14)13-5-8-22(9-6-13)17-4-7-20-16(21-17)12-27-2/h4,7,13-15H,3,5-6,8-12H2,1-2H3/t14-,15+/m1/s1. The van der Waals surface area contributed by atoms with E-state index >= 15 is 0 Å². The zero-order valence-corrected chi connectivity index (χ0v) is 16.4. The fraction of sp³-hybridized carbons (Fsp3) is 0.684. The van der Waals surface area contributed by atoms with E-state index in [4.69, 9.17) is 9.47 Å². The van der Waals surface area contributed by atoms with Crippen LogP contribution in [-0.2, 0) is 20.9 Å². The van der Waals surface area contributed by atoms with Crippen molar-refractivity contribution in [2.45, 2.75) is 51.0 Å². The molecule has 0 spiro atoms. The number of aromatic nitrogens is 2. The Morgan fingerprint density at radius 2 is 2.11 bits per heavy atom. The van der Waals surface area contributed by atoms with Crippen molar-refractivity contribution in [2.24, 2.45) is 0 Å². The molecule has 0 aromatic carbocycles. The SMILES string of the molecule is CCC(=O)N1C[C@@H]2OC(=O)N(C3CCN(c4ccnc(COC)n4)CC3)[C@@H]2C1. The molecule has 152 valence electrons. The first-order valence-electron chi connectivity index (χ1n) is 9.93. The van der Waals surface area contributed by atoms with Crippen LogP contribution < -0.4 is 4.90 Å². The Labute approximate surface area is 164 Å². The molecule has 2 amide bonds. The van der Waals surface area contributed by atoms with Crippen molar-refractivity contribution in [3.63, 3.8) is 0 Å². The predicted molar refractivity (Wildman–Crippen MR) is 101 cm³/mol. The molecule has 4 heterocycles. The summed E-state index contributed by atoms with van der Waals surface area (Å²) in [6.07, 6.45) is 3.51. The number of likely N-dealkylation sites (tertiary alicyclic amines) is 1. The molecule has 0 N–H and O–H groups in total. The molecule has 0 saturated carbocycles. The van der Waals surface area contributed by atoms with Crippen LogP contribution in [0.3, 0.4) is 0 Å². The lowest BCUT2D eigenvalue weighted by molar-refractivity contribution is -0.130. The largest absolute Gasteiger partial charge is 0.442 e. The minimum absolute atomic E-state index is 0.0214. The van der Waals surface area contributed by atoms with E-state index in [1.54, 1.807) is 13.3 Å². The molecule has 9 nitrogen and oxygen atoms in total. The van der Waals surface area contributed by atoms with Gasteiger partial charge in [0.2, 0.25) is 5.91 Å². The van der Waals surface area contributed by atoms with E-state index in [0.29, 0.717) is 31.9 Å². The van der Waals surface area contributed by atoms with Gasteiger partial charge in [0.25, 0.3) is 0 Å². The maximum atomic E-state index is 12.5. The summed E-state index contributed by atoms with van der Waals surface area (Å²) in [4.78, 5) is 39.2. The number of rotatable bonds is 5. The van der Waals surface area contributed by atoms with Crippen LogP contribution in [0.2, 0.25) is 0 Å². The monoisotopic (exact) mass is 389 g/mol. The summed E-state index contributed by atoms with van der Waals surface area (Å²) in [5.74, 6) is 1.68. The number of ether oxygens (including phenoxy) is 2. The molecule has 28 heavy (non-hydrogen) atoms. The Balaban J connectivity index is 1.39. The first-order valence-corrected chi connectivity index (χ1v) is 9.93. The Hall–Kier alpha value is -2.42. The molecule has 1 aromatic rings. The summed E-state index contributed by atoms with van der Waals surface area (Å²) in [7, 11) is 1.63. The summed E-state index contributed by atoms with van der Waals surface area (Å²) in [6, 6.07) is 2.02. The normalized spacial score (nSPS) is 25.2. The Bertz CT molecular complexity index is 737. The number of nitrogens with zero attached hydrogens (tertiary/aromatic N) is 5. The summed E-state index contributed by atoms with van der Waals surface area (Å²) in [5.41, 5.74) is 0. The smallest absolute Gasteiger partial charge is 0.410 e. The number of carbonyl (C=O) groups excluding carboxylic acids is 2. The average molecular weight is 389 g/mol. The van der Waals surface area contributed by atoms with Crippen LogP contribution in [0.1, 0.15) is 32.0 Å². The second-order valence-corrected chi connectivity index (χ2v) is 7.53. The third kappa shape index (κ3) is 3.50. The minimum atomic E-state index is -0.235. The first kappa shape index (κ1) is 18.9. The van der Waals surface area contributed by atoms with E-state index < -0.39 is 0 Å². The van der Waals surface area contributed by atoms with Gasteiger partial charge >= 0.3 is 6.09 Å². The van der Waals surface area contributed by atoms with Crippen molar-refractivity contribution in [3.05, 3.63) is 18.1 Å². The van der Waals surface area contributed by atoms with Crippen LogP contribution in [0.4, 0.5) is 10.6 Å². The number of methoxy groups -OCH3 is 1. The average Bonchev–Trinajstić information content (AvgIpc) is 3.24. The molecule has 0 aliphatic carbocycles. The van der Waals surface area contributed by atoms with Gasteiger partial charge in [0, 0.05) is 45.4 Å². The van der Waals surface area contributed by atoms with Gasteiger partial charge in [-0.05, 0) is 18.9 Å². The highest BCUT2D eigenvalue weighted by Crippen LogP contribution is 2.32. The molecule has 3 fully saturated rings. The predicted octanol–water partition coefficient (Wildman–Crippen LogP) is 1.03. The summed E-state index contributed by atoms with van der Waals surface area (Å²) >= 11 is 0. The molecule has 4 rings (SSSR count). The molecule has 2 atom stereocenters. The van der Waals surface area contributed by atoms with Crippen LogP contribution >= 0.6 is 0 Å². The summed E-state index contributed by atoms with van der Waals surface area (Å²) < 4.78 is 10.7. The molecular formula is C19H27N5O4. The van der Waals surface area contributed by atoms with E-state index in [0.717, 1.165) is 31.7 Å².